The number of carbonyl (C=O) groups is 1. The van der Waals surface area contributed by atoms with Crippen molar-refractivity contribution in [1.82, 2.24) is 14.8 Å². The van der Waals surface area contributed by atoms with Crippen molar-refractivity contribution in [2.24, 2.45) is 7.05 Å². The zero-order valence-electron chi connectivity index (χ0n) is 19.2. The molecule has 1 aromatic carbocycles. The molecule has 1 N–H and O–H groups in total. The number of halogens is 1. The van der Waals surface area contributed by atoms with E-state index in [-0.39, 0.29) is 5.91 Å². The maximum Gasteiger partial charge on any atom is 0.242 e. The van der Waals surface area contributed by atoms with Gasteiger partial charge in [-0.2, -0.15) is 0 Å². The van der Waals surface area contributed by atoms with Crippen LogP contribution in [0.3, 0.4) is 0 Å². The molecule has 0 spiro atoms. The number of rotatable bonds is 6. The van der Waals surface area contributed by atoms with Crippen LogP contribution in [-0.2, 0) is 18.3 Å². The van der Waals surface area contributed by atoms with Gasteiger partial charge >= 0.3 is 0 Å². The van der Waals surface area contributed by atoms with E-state index in [2.05, 4.69) is 15.3 Å². The first-order valence-electron chi connectivity index (χ1n) is 11.1. The number of ether oxygens (including phenoxy) is 1. The highest BCUT2D eigenvalue weighted by Gasteiger charge is 2.19. The van der Waals surface area contributed by atoms with Crippen molar-refractivity contribution in [3.63, 3.8) is 0 Å². The smallest absolute Gasteiger partial charge is 0.242 e. The Kier molecular flexibility index (Phi) is 6.55. The molecular formula is C24H30ClN5O2. The largest absolute Gasteiger partial charge is 0.479 e. The summed E-state index contributed by atoms with van der Waals surface area (Å²) in [6.07, 6.45) is 4.60. The van der Waals surface area contributed by atoms with Crippen molar-refractivity contribution in [3.8, 4) is 5.88 Å². The number of pyridine rings is 1. The summed E-state index contributed by atoms with van der Waals surface area (Å²) in [5.41, 5.74) is 5.56. The molecule has 0 saturated carbocycles. The Hall–Kier alpha value is -2.80. The van der Waals surface area contributed by atoms with Gasteiger partial charge in [0, 0.05) is 37.9 Å². The number of carbonyl (C=O) groups excluding carboxylic acids is 1. The van der Waals surface area contributed by atoms with Gasteiger partial charge in [-0.25, -0.2) is 9.67 Å². The molecule has 8 heteroatoms. The Bertz CT molecular complexity index is 1150. The highest BCUT2D eigenvalue weighted by molar-refractivity contribution is 6.33. The minimum atomic E-state index is -0.0520. The summed E-state index contributed by atoms with van der Waals surface area (Å²) in [5.74, 6) is 0.505. The molecule has 0 bridgehead atoms. The number of methoxy groups -OCH3 is 1. The normalized spacial score (nSPS) is 14.1. The molecule has 1 aliphatic heterocycles. The lowest BCUT2D eigenvalue weighted by molar-refractivity contribution is -0.116. The standard InChI is InChI=1S/C24H30ClN5O2/c1-15-18(16(2)26-23-22(15)24(32-4)28-29(23)3)9-11-21(31)27-17-8-10-20(19(25)14-17)30-12-6-5-7-13-30/h8,10,14H,5-7,9,11-13H2,1-4H3,(H,27,31). The van der Waals surface area contributed by atoms with E-state index >= 15 is 0 Å². The van der Waals surface area contributed by atoms with E-state index in [9.17, 15) is 4.79 Å². The number of aromatic nitrogens is 3. The number of nitrogens with zero attached hydrogens (tertiary/aromatic N) is 4. The monoisotopic (exact) mass is 455 g/mol. The number of hydrogen-bond acceptors (Lipinski definition) is 5. The molecule has 0 unspecified atom stereocenters. The van der Waals surface area contributed by atoms with Crippen LogP contribution in [0.4, 0.5) is 11.4 Å². The van der Waals surface area contributed by atoms with Gasteiger partial charge in [0.05, 0.1) is 23.2 Å². The summed E-state index contributed by atoms with van der Waals surface area (Å²) < 4.78 is 7.15. The molecule has 1 saturated heterocycles. The Morgan fingerprint density at radius 1 is 1.22 bits per heavy atom. The van der Waals surface area contributed by atoms with E-state index < -0.39 is 0 Å². The number of piperidine rings is 1. The Morgan fingerprint density at radius 2 is 1.97 bits per heavy atom. The van der Waals surface area contributed by atoms with Crippen LogP contribution in [-0.4, -0.2) is 40.9 Å². The summed E-state index contributed by atoms with van der Waals surface area (Å²) in [5, 5.41) is 8.95. The first-order valence-corrected chi connectivity index (χ1v) is 11.5. The topological polar surface area (TPSA) is 72.3 Å². The summed E-state index contributed by atoms with van der Waals surface area (Å²) in [6.45, 7) is 6.07. The maximum atomic E-state index is 12.7. The molecular weight excluding hydrogens is 426 g/mol. The van der Waals surface area contributed by atoms with E-state index in [4.69, 9.17) is 21.3 Å². The second-order valence-corrected chi connectivity index (χ2v) is 8.80. The van der Waals surface area contributed by atoms with Gasteiger partial charge in [-0.05, 0) is 68.9 Å². The molecule has 32 heavy (non-hydrogen) atoms. The highest BCUT2D eigenvalue weighted by Crippen LogP contribution is 2.32. The van der Waals surface area contributed by atoms with Gasteiger partial charge in [0.15, 0.2) is 5.65 Å². The number of hydrogen-bond donors (Lipinski definition) is 1. The third-order valence-electron chi connectivity index (χ3n) is 6.25. The Labute approximate surface area is 193 Å². The van der Waals surface area contributed by atoms with Crippen LogP contribution in [0.15, 0.2) is 18.2 Å². The number of amides is 1. The van der Waals surface area contributed by atoms with Gasteiger partial charge in [-0.15, -0.1) is 5.10 Å². The van der Waals surface area contributed by atoms with Gasteiger partial charge in [0.2, 0.25) is 11.8 Å². The molecule has 1 aliphatic rings. The predicted octanol–water partition coefficient (Wildman–Crippen LogP) is 4.81. The fraction of sp³-hybridized carbons (Fsp3) is 0.458. The fourth-order valence-corrected chi connectivity index (χ4v) is 4.85. The minimum absolute atomic E-state index is 0.0520. The van der Waals surface area contributed by atoms with Crippen molar-refractivity contribution in [1.29, 1.82) is 0 Å². The van der Waals surface area contributed by atoms with Crippen LogP contribution >= 0.6 is 11.6 Å². The molecule has 2 aromatic heterocycles. The van der Waals surface area contributed by atoms with Gasteiger partial charge in [0.25, 0.3) is 0 Å². The van der Waals surface area contributed by atoms with Crippen molar-refractivity contribution < 1.29 is 9.53 Å². The van der Waals surface area contributed by atoms with Crippen LogP contribution in [0.2, 0.25) is 5.02 Å². The summed E-state index contributed by atoms with van der Waals surface area (Å²) in [7, 11) is 3.46. The average molecular weight is 456 g/mol. The molecule has 0 radical (unpaired) electrons. The number of anilines is 2. The van der Waals surface area contributed by atoms with Crippen LogP contribution in [0.1, 0.15) is 42.5 Å². The van der Waals surface area contributed by atoms with E-state index in [1.807, 2.05) is 39.1 Å². The maximum absolute atomic E-state index is 12.7. The summed E-state index contributed by atoms with van der Waals surface area (Å²) in [4.78, 5) is 19.7. The summed E-state index contributed by atoms with van der Waals surface area (Å²) in [6, 6.07) is 5.77. The summed E-state index contributed by atoms with van der Waals surface area (Å²) >= 11 is 6.53. The lowest BCUT2D eigenvalue weighted by atomic mass is 10.00. The number of benzene rings is 1. The lowest BCUT2D eigenvalue weighted by Crippen LogP contribution is -2.29. The zero-order chi connectivity index (χ0) is 22.8. The van der Waals surface area contributed by atoms with Crippen molar-refractivity contribution in [3.05, 3.63) is 40.0 Å². The molecule has 1 fully saturated rings. The molecule has 0 atom stereocenters. The third-order valence-corrected chi connectivity index (χ3v) is 6.55. The van der Waals surface area contributed by atoms with E-state index in [1.54, 1.807) is 11.8 Å². The Balaban J connectivity index is 1.45. The molecule has 7 nitrogen and oxygen atoms in total. The van der Waals surface area contributed by atoms with Gasteiger partial charge < -0.3 is 15.0 Å². The molecule has 170 valence electrons. The van der Waals surface area contributed by atoms with Gasteiger partial charge in [-0.1, -0.05) is 11.6 Å². The number of aryl methyl sites for hydroxylation is 3. The predicted molar refractivity (Wildman–Crippen MR) is 129 cm³/mol. The average Bonchev–Trinajstić information content (AvgIpc) is 3.10. The minimum Gasteiger partial charge on any atom is -0.479 e. The van der Waals surface area contributed by atoms with E-state index in [1.165, 1.54) is 19.3 Å². The van der Waals surface area contributed by atoms with Crippen LogP contribution in [0.25, 0.3) is 11.0 Å². The number of nitrogens with one attached hydrogen (secondary N) is 1. The zero-order valence-corrected chi connectivity index (χ0v) is 19.9. The number of fused-ring (bicyclic) bond motifs is 1. The molecule has 3 heterocycles. The third kappa shape index (κ3) is 4.39. The molecule has 3 aromatic rings. The van der Waals surface area contributed by atoms with Crippen LogP contribution in [0.5, 0.6) is 5.88 Å². The molecule has 1 amide bonds. The lowest BCUT2D eigenvalue weighted by Gasteiger charge is -2.29. The van der Waals surface area contributed by atoms with Gasteiger partial charge in [-0.3, -0.25) is 4.79 Å². The highest BCUT2D eigenvalue weighted by atomic mass is 35.5. The Morgan fingerprint density at radius 3 is 2.66 bits per heavy atom. The van der Waals surface area contributed by atoms with E-state index in [0.29, 0.717) is 23.7 Å². The SMILES string of the molecule is COc1nn(C)c2nc(C)c(CCC(=O)Nc3ccc(N4CCCCC4)c(Cl)c3)c(C)c12. The fourth-order valence-electron chi connectivity index (χ4n) is 4.55. The van der Waals surface area contributed by atoms with Gasteiger partial charge in [0.1, 0.15) is 0 Å². The van der Waals surface area contributed by atoms with Crippen LogP contribution < -0.4 is 15.0 Å². The van der Waals surface area contributed by atoms with Crippen molar-refractivity contribution in [2.45, 2.75) is 46.0 Å². The van der Waals surface area contributed by atoms with Crippen molar-refractivity contribution in [2.75, 3.05) is 30.4 Å². The second kappa shape index (κ2) is 9.36. The molecule has 0 aliphatic carbocycles. The second-order valence-electron chi connectivity index (χ2n) is 8.39. The first kappa shape index (κ1) is 22.4. The quantitative estimate of drug-likeness (QED) is 0.577. The molecule has 4 rings (SSSR count). The van der Waals surface area contributed by atoms with Crippen LogP contribution in [0, 0.1) is 13.8 Å². The first-order chi connectivity index (χ1) is 15.4. The van der Waals surface area contributed by atoms with Crippen molar-refractivity contribution >= 4 is 39.9 Å². The van der Waals surface area contributed by atoms with E-state index in [0.717, 1.165) is 52.3 Å².